The second-order valence-corrected chi connectivity index (χ2v) is 9.67. The van der Waals surface area contributed by atoms with Crippen LogP contribution in [-0.4, -0.2) is 48.4 Å². The first-order valence-electron chi connectivity index (χ1n) is 13.4. The molecule has 1 aliphatic heterocycles. The summed E-state index contributed by atoms with van der Waals surface area (Å²) < 4.78 is 51.9. The monoisotopic (exact) mass is 608 g/mol. The van der Waals surface area contributed by atoms with Crippen LogP contribution in [0.25, 0.3) is 20.9 Å². The Balaban J connectivity index is 1.89. The molecule has 0 saturated heterocycles. The molecule has 1 heterocycles. The fourth-order valence-corrected chi connectivity index (χ4v) is 4.73. The summed E-state index contributed by atoms with van der Waals surface area (Å²) in [6.07, 6.45) is -5.87. The van der Waals surface area contributed by atoms with E-state index < -0.39 is 30.3 Å². The number of nitrogens with zero attached hydrogens (tertiary/aromatic N) is 7. The van der Waals surface area contributed by atoms with Crippen LogP contribution in [0.4, 0.5) is 18.9 Å². The number of halogens is 3. The lowest BCUT2D eigenvalue weighted by atomic mass is 9.80. The van der Waals surface area contributed by atoms with E-state index in [1.807, 2.05) is 5.32 Å². The molecule has 2 N–H and O–H groups in total. The zero-order valence-corrected chi connectivity index (χ0v) is 23.2. The molecule has 0 fully saturated rings. The molecule has 0 aliphatic carbocycles. The van der Waals surface area contributed by atoms with E-state index in [-0.39, 0.29) is 37.8 Å². The Morgan fingerprint density at radius 2 is 1.75 bits per heavy atom. The molecule has 2 atom stereocenters. The number of aliphatic hydroxyl groups excluding tert-OH is 1. The van der Waals surface area contributed by atoms with E-state index in [1.165, 1.54) is 6.07 Å². The summed E-state index contributed by atoms with van der Waals surface area (Å²) in [4.78, 5) is 24.3. The lowest BCUT2D eigenvalue weighted by Gasteiger charge is -2.32. The highest BCUT2D eigenvalue weighted by Crippen LogP contribution is 2.45. The van der Waals surface area contributed by atoms with Gasteiger partial charge in [-0.3, -0.25) is 4.79 Å². The highest BCUT2D eigenvalue weighted by molar-refractivity contribution is 6.01. The molecule has 4 rings (SSSR count). The van der Waals surface area contributed by atoms with Crippen LogP contribution >= 0.6 is 0 Å². The summed E-state index contributed by atoms with van der Waals surface area (Å²) in [6.45, 7) is -1.50. The minimum atomic E-state index is -4.72. The van der Waals surface area contributed by atoms with E-state index in [1.54, 1.807) is 66.7 Å². The van der Waals surface area contributed by atoms with Gasteiger partial charge in [0.2, 0.25) is 5.90 Å². The summed E-state index contributed by atoms with van der Waals surface area (Å²) in [5.41, 5.74) is 17.8. The van der Waals surface area contributed by atoms with Crippen LogP contribution in [-0.2, 0) is 22.5 Å². The molecule has 0 radical (unpaired) electrons. The topological polar surface area (TPSA) is 178 Å². The molecular weight excluding hydrogens is 581 g/mol. The molecule has 1 amide bonds. The smallest absolute Gasteiger partial charge is 0.405 e. The van der Waals surface area contributed by atoms with Gasteiger partial charge in [-0.15, -0.1) is 0 Å². The Bertz CT molecular complexity index is 1600. The number of rotatable bonds is 13. The summed E-state index contributed by atoms with van der Waals surface area (Å²) in [6, 6.07) is 19.4. The van der Waals surface area contributed by atoms with Crippen molar-refractivity contribution in [3.05, 3.63) is 116 Å². The van der Waals surface area contributed by atoms with Crippen molar-refractivity contribution >= 4 is 17.5 Å². The molecule has 44 heavy (non-hydrogen) atoms. The number of amides is 1. The lowest BCUT2D eigenvalue weighted by molar-refractivity contribution is -0.143. The number of benzene rings is 3. The van der Waals surface area contributed by atoms with Crippen LogP contribution in [0, 0.1) is 0 Å². The summed E-state index contributed by atoms with van der Waals surface area (Å²) in [5, 5.41) is 18.3. The van der Waals surface area contributed by atoms with Gasteiger partial charge in [0.25, 0.3) is 5.91 Å². The Labute approximate surface area is 249 Å². The normalized spacial score (nSPS) is 17.5. The number of carbonyl (C=O) groups is 1. The molecule has 228 valence electrons. The van der Waals surface area contributed by atoms with E-state index in [2.05, 4.69) is 25.0 Å². The first kappa shape index (κ1) is 31.7. The third-order valence-corrected chi connectivity index (χ3v) is 6.73. The quantitative estimate of drug-likeness (QED) is 0.0991. The minimum absolute atomic E-state index is 0.0288. The van der Waals surface area contributed by atoms with Gasteiger partial charge in [-0.05, 0) is 52.0 Å². The van der Waals surface area contributed by atoms with Crippen LogP contribution in [0.15, 0.2) is 88.0 Å². The number of carbonyl (C=O) groups excluding carboxylic acids is 1. The Morgan fingerprint density at radius 1 is 1.05 bits per heavy atom. The average Bonchev–Trinajstić information content (AvgIpc) is 3.40. The van der Waals surface area contributed by atoms with Crippen LogP contribution in [0.2, 0.25) is 0 Å². The van der Waals surface area contributed by atoms with Gasteiger partial charge < -0.3 is 19.9 Å². The van der Waals surface area contributed by atoms with Crippen molar-refractivity contribution in [1.82, 2.24) is 5.32 Å². The first-order chi connectivity index (χ1) is 21.2. The Kier molecular flexibility index (Phi) is 10.3. The highest BCUT2D eigenvalue weighted by Gasteiger charge is 2.54. The van der Waals surface area contributed by atoms with Gasteiger partial charge in [0.1, 0.15) is 12.3 Å². The zero-order valence-electron chi connectivity index (χ0n) is 23.2. The summed E-state index contributed by atoms with van der Waals surface area (Å²) in [7, 11) is 0. The number of nitrogens with one attached hydrogen (secondary N) is 1. The van der Waals surface area contributed by atoms with E-state index in [0.717, 1.165) is 0 Å². The molecule has 0 aromatic heterocycles. The van der Waals surface area contributed by atoms with E-state index in [4.69, 9.17) is 25.6 Å². The van der Waals surface area contributed by atoms with Gasteiger partial charge in [-0.25, -0.2) is 4.99 Å². The third-order valence-electron chi connectivity index (χ3n) is 6.73. The van der Waals surface area contributed by atoms with Crippen molar-refractivity contribution in [2.45, 2.75) is 37.2 Å². The van der Waals surface area contributed by atoms with Gasteiger partial charge in [0, 0.05) is 40.5 Å². The number of hydrogen-bond donors (Lipinski definition) is 2. The van der Waals surface area contributed by atoms with Gasteiger partial charge in [0.05, 0.1) is 13.2 Å². The van der Waals surface area contributed by atoms with E-state index >= 15 is 0 Å². The van der Waals surface area contributed by atoms with Crippen molar-refractivity contribution in [3.63, 3.8) is 0 Å². The number of aliphatic hydroxyl groups is 1. The van der Waals surface area contributed by atoms with E-state index in [0.29, 0.717) is 34.4 Å². The zero-order chi connectivity index (χ0) is 31.6. The maximum absolute atomic E-state index is 14.0. The highest BCUT2D eigenvalue weighted by atomic mass is 19.4. The van der Waals surface area contributed by atoms with Crippen LogP contribution < -0.4 is 10.1 Å². The average molecular weight is 609 g/mol. The molecular formula is C29H27F3N8O4. The molecule has 3 aromatic rings. The molecule has 3 aromatic carbocycles. The predicted octanol–water partition coefficient (Wildman–Crippen LogP) is 6.38. The van der Waals surface area contributed by atoms with Gasteiger partial charge >= 0.3 is 6.18 Å². The molecule has 15 heteroatoms. The molecule has 0 spiro atoms. The van der Waals surface area contributed by atoms with Gasteiger partial charge in [0.15, 0.2) is 11.6 Å². The van der Waals surface area contributed by atoms with Crippen molar-refractivity contribution in [2.24, 2.45) is 15.2 Å². The Morgan fingerprint density at radius 3 is 2.43 bits per heavy atom. The summed E-state index contributed by atoms with van der Waals surface area (Å²) >= 11 is 0. The summed E-state index contributed by atoms with van der Waals surface area (Å²) in [5.74, 6) is -0.610. The second kappa shape index (κ2) is 14.3. The van der Waals surface area contributed by atoms with Gasteiger partial charge in [-0.1, -0.05) is 58.8 Å². The first-order valence-corrected chi connectivity index (χ1v) is 13.4. The van der Waals surface area contributed by atoms with Crippen LogP contribution in [0.5, 0.6) is 5.75 Å². The predicted molar refractivity (Wildman–Crippen MR) is 154 cm³/mol. The van der Waals surface area contributed by atoms with Crippen molar-refractivity contribution in [1.29, 1.82) is 0 Å². The van der Waals surface area contributed by atoms with Crippen molar-refractivity contribution < 1.29 is 32.5 Å². The van der Waals surface area contributed by atoms with Crippen molar-refractivity contribution in [3.8, 4) is 5.75 Å². The minimum Gasteiger partial charge on any atom is -0.494 e. The van der Waals surface area contributed by atoms with Crippen LogP contribution in [0.3, 0.4) is 0 Å². The molecule has 0 bridgehead atoms. The second-order valence-electron chi connectivity index (χ2n) is 9.67. The molecule has 0 unspecified atom stereocenters. The molecule has 12 nitrogen and oxygen atoms in total. The third kappa shape index (κ3) is 7.58. The lowest BCUT2D eigenvalue weighted by Crippen LogP contribution is -2.52. The number of ether oxygens (including phenoxy) is 2. The van der Waals surface area contributed by atoms with Crippen LogP contribution in [0.1, 0.15) is 34.8 Å². The van der Waals surface area contributed by atoms with E-state index in [9.17, 15) is 18.0 Å². The number of azide groups is 2. The standard InChI is InChI=1S/C29H27F3N8O4/c30-29(31,32)18-35-27(42)28(16-20-6-2-4-9-24(20)38-40-34)25(23-8-3-1-7-21(23)17-36-39-33)44-26(37-28)19-10-12-22(13-11-19)43-15-5-14-41/h1-4,6-13,25,41H,5,14-18H2,(H,35,42)/t25-,28-/m1/s1. The molecule has 1 aliphatic rings. The largest absolute Gasteiger partial charge is 0.494 e. The fraction of sp³-hybridized carbons (Fsp3) is 0.310. The fourth-order valence-electron chi connectivity index (χ4n) is 4.73. The maximum atomic E-state index is 14.0. The number of aliphatic imine (C=N–C) groups is 1. The van der Waals surface area contributed by atoms with Gasteiger partial charge in [-0.2, -0.15) is 13.2 Å². The van der Waals surface area contributed by atoms with Crippen molar-refractivity contribution in [2.75, 3.05) is 19.8 Å². The number of alkyl halides is 3. The Hall–Kier alpha value is -5.23. The number of hydrogen-bond acceptors (Lipinski definition) is 7. The maximum Gasteiger partial charge on any atom is 0.405 e. The molecule has 0 saturated carbocycles. The SMILES string of the molecule is [N-]=[N+]=NCc1ccccc1[C@H]1OC(c2ccc(OCCCO)cc2)=N[C@@]1(Cc1ccccc1N=[N+]=[N-])C(=O)NCC(F)(F)F.